The van der Waals surface area contributed by atoms with Gasteiger partial charge in [0.2, 0.25) is 0 Å². The number of fused-ring (bicyclic) bond motifs is 1. The lowest BCUT2D eigenvalue weighted by Crippen LogP contribution is -1.94. The zero-order valence-electron chi connectivity index (χ0n) is 10.7. The molecule has 0 saturated carbocycles. The molecule has 0 radical (unpaired) electrons. The molecule has 3 rings (SSSR count). The van der Waals surface area contributed by atoms with Gasteiger partial charge in [0.25, 0.3) is 0 Å². The van der Waals surface area contributed by atoms with Crippen molar-refractivity contribution >= 4 is 16.5 Å². The van der Waals surface area contributed by atoms with Crippen LogP contribution in [-0.4, -0.2) is 0 Å². The molecule has 2 N–H and O–H groups in total. The van der Waals surface area contributed by atoms with Crippen LogP contribution in [0, 0.1) is 12.7 Å². The normalized spacial score (nSPS) is 10.8. The van der Waals surface area contributed by atoms with Gasteiger partial charge in [0.15, 0.2) is 0 Å². The fraction of sp³-hybridized carbons (Fsp3) is 0.0588. The number of nitrogen functional groups attached to an aromatic ring is 1. The molecule has 0 saturated heterocycles. The van der Waals surface area contributed by atoms with Gasteiger partial charge in [-0.05, 0) is 47.0 Å². The van der Waals surface area contributed by atoms with E-state index in [1.54, 1.807) is 6.07 Å². The lowest BCUT2D eigenvalue weighted by Gasteiger charge is -2.13. The average Bonchev–Trinajstić information content (AvgIpc) is 2.40. The Bertz CT molecular complexity index is 762. The number of rotatable bonds is 1. The minimum atomic E-state index is -0.306. The fourth-order valence-corrected chi connectivity index (χ4v) is 2.50. The lowest BCUT2D eigenvalue weighted by molar-refractivity contribution is 0.628. The average molecular weight is 251 g/mol. The van der Waals surface area contributed by atoms with Crippen molar-refractivity contribution in [2.45, 2.75) is 6.92 Å². The molecule has 0 heterocycles. The summed E-state index contributed by atoms with van der Waals surface area (Å²) in [5.41, 5.74) is 9.55. The van der Waals surface area contributed by atoms with E-state index in [4.69, 9.17) is 5.73 Å². The molecule has 0 fully saturated rings. The summed E-state index contributed by atoms with van der Waals surface area (Å²) >= 11 is 0. The summed E-state index contributed by atoms with van der Waals surface area (Å²) in [6.07, 6.45) is 0. The number of halogens is 1. The van der Waals surface area contributed by atoms with Gasteiger partial charge < -0.3 is 5.73 Å². The van der Waals surface area contributed by atoms with Crippen LogP contribution >= 0.6 is 0 Å². The maximum absolute atomic E-state index is 13.2. The zero-order chi connectivity index (χ0) is 13.4. The van der Waals surface area contributed by atoms with Gasteiger partial charge in [-0.3, -0.25) is 0 Å². The highest BCUT2D eigenvalue weighted by Crippen LogP contribution is 2.35. The van der Waals surface area contributed by atoms with Crippen molar-refractivity contribution in [3.63, 3.8) is 0 Å². The van der Waals surface area contributed by atoms with Gasteiger partial charge in [-0.1, -0.05) is 36.4 Å². The summed E-state index contributed by atoms with van der Waals surface area (Å²) in [7, 11) is 0. The van der Waals surface area contributed by atoms with E-state index < -0.39 is 0 Å². The molecule has 3 aromatic carbocycles. The summed E-state index contributed by atoms with van der Waals surface area (Å²) in [5.74, 6) is -0.306. The van der Waals surface area contributed by atoms with Crippen molar-refractivity contribution in [2.75, 3.05) is 5.73 Å². The number of benzene rings is 3. The summed E-state index contributed by atoms with van der Waals surface area (Å²) in [6, 6.07) is 16.9. The zero-order valence-corrected chi connectivity index (χ0v) is 10.7. The first-order valence-corrected chi connectivity index (χ1v) is 6.20. The van der Waals surface area contributed by atoms with Crippen molar-refractivity contribution in [3.05, 3.63) is 66.0 Å². The van der Waals surface area contributed by atoms with Crippen LogP contribution in [0.4, 0.5) is 10.1 Å². The molecule has 0 unspecified atom stereocenters. The predicted molar refractivity (Wildman–Crippen MR) is 78.5 cm³/mol. The smallest absolute Gasteiger partial charge is 0.125 e. The van der Waals surface area contributed by atoms with E-state index in [1.807, 2.05) is 19.1 Å². The second-order valence-electron chi connectivity index (χ2n) is 4.71. The van der Waals surface area contributed by atoms with Crippen LogP contribution < -0.4 is 5.73 Å². The monoisotopic (exact) mass is 251 g/mol. The summed E-state index contributed by atoms with van der Waals surface area (Å²) in [5, 5.41) is 2.30. The summed E-state index contributed by atoms with van der Waals surface area (Å²) in [4.78, 5) is 0. The van der Waals surface area contributed by atoms with Gasteiger partial charge in [0, 0.05) is 11.3 Å². The second-order valence-corrected chi connectivity index (χ2v) is 4.71. The third-order valence-corrected chi connectivity index (χ3v) is 3.42. The van der Waals surface area contributed by atoms with E-state index in [-0.39, 0.29) is 5.82 Å². The third-order valence-electron chi connectivity index (χ3n) is 3.42. The molecular weight excluding hydrogens is 237 g/mol. The minimum absolute atomic E-state index is 0.306. The number of hydrogen-bond acceptors (Lipinski definition) is 1. The number of aryl methyl sites for hydroxylation is 1. The molecule has 94 valence electrons. The molecule has 1 nitrogen and oxygen atoms in total. The Morgan fingerprint density at radius 2 is 1.74 bits per heavy atom. The molecule has 3 aromatic rings. The SMILES string of the molecule is Cc1ccc2ccccc2c1-c1ccc(F)cc1N. The van der Waals surface area contributed by atoms with Crippen LogP contribution in [0.2, 0.25) is 0 Å². The van der Waals surface area contributed by atoms with Crippen LogP contribution in [0.3, 0.4) is 0 Å². The Morgan fingerprint density at radius 3 is 2.53 bits per heavy atom. The Labute approximate surface area is 111 Å². The van der Waals surface area contributed by atoms with E-state index in [0.29, 0.717) is 5.69 Å². The lowest BCUT2D eigenvalue weighted by atomic mass is 9.93. The second kappa shape index (κ2) is 4.39. The van der Waals surface area contributed by atoms with Gasteiger partial charge in [-0.15, -0.1) is 0 Å². The first-order chi connectivity index (χ1) is 9.16. The standard InChI is InChI=1S/C17H14FN/c1-11-6-7-12-4-2-3-5-14(12)17(11)15-9-8-13(18)10-16(15)19/h2-10H,19H2,1H3. The van der Waals surface area contributed by atoms with E-state index >= 15 is 0 Å². The van der Waals surface area contributed by atoms with E-state index in [9.17, 15) is 4.39 Å². The molecule has 0 amide bonds. The fourth-order valence-electron chi connectivity index (χ4n) is 2.50. The Morgan fingerprint density at radius 1 is 0.947 bits per heavy atom. The molecule has 0 spiro atoms. The largest absolute Gasteiger partial charge is 0.398 e. The highest BCUT2D eigenvalue weighted by molar-refractivity contribution is 6.00. The molecule has 0 aromatic heterocycles. The minimum Gasteiger partial charge on any atom is -0.398 e. The van der Waals surface area contributed by atoms with Crippen LogP contribution in [0.5, 0.6) is 0 Å². The highest BCUT2D eigenvalue weighted by atomic mass is 19.1. The van der Waals surface area contributed by atoms with Crippen LogP contribution in [0.25, 0.3) is 21.9 Å². The maximum atomic E-state index is 13.2. The first-order valence-electron chi connectivity index (χ1n) is 6.20. The van der Waals surface area contributed by atoms with Crippen molar-refractivity contribution in [1.82, 2.24) is 0 Å². The maximum Gasteiger partial charge on any atom is 0.125 e. The Hall–Kier alpha value is -2.35. The predicted octanol–water partition coefficient (Wildman–Crippen LogP) is 4.54. The topological polar surface area (TPSA) is 26.0 Å². The quantitative estimate of drug-likeness (QED) is 0.631. The summed E-state index contributed by atoms with van der Waals surface area (Å²) in [6.45, 7) is 2.05. The van der Waals surface area contributed by atoms with E-state index in [2.05, 4.69) is 24.3 Å². The highest BCUT2D eigenvalue weighted by Gasteiger charge is 2.10. The van der Waals surface area contributed by atoms with Crippen molar-refractivity contribution in [3.8, 4) is 11.1 Å². The van der Waals surface area contributed by atoms with Gasteiger partial charge in [0.1, 0.15) is 5.82 Å². The van der Waals surface area contributed by atoms with Gasteiger partial charge in [-0.25, -0.2) is 4.39 Å². The summed E-state index contributed by atoms with van der Waals surface area (Å²) < 4.78 is 13.2. The van der Waals surface area contributed by atoms with Crippen LogP contribution in [0.1, 0.15) is 5.56 Å². The number of nitrogens with two attached hydrogens (primary N) is 1. The Balaban J connectivity index is 2.38. The third kappa shape index (κ3) is 1.95. The van der Waals surface area contributed by atoms with Crippen LogP contribution in [0.15, 0.2) is 54.6 Å². The van der Waals surface area contributed by atoms with Crippen molar-refractivity contribution in [1.29, 1.82) is 0 Å². The van der Waals surface area contributed by atoms with E-state index in [1.165, 1.54) is 12.1 Å². The van der Waals surface area contributed by atoms with E-state index in [0.717, 1.165) is 27.5 Å². The molecule has 2 heteroatoms. The molecule has 0 aliphatic rings. The van der Waals surface area contributed by atoms with Crippen molar-refractivity contribution in [2.24, 2.45) is 0 Å². The number of hydrogen-bond donors (Lipinski definition) is 1. The molecule has 0 bridgehead atoms. The molecule has 0 atom stereocenters. The van der Waals surface area contributed by atoms with Gasteiger partial charge >= 0.3 is 0 Å². The Kier molecular flexibility index (Phi) is 2.71. The van der Waals surface area contributed by atoms with Gasteiger partial charge in [-0.2, -0.15) is 0 Å². The molecular formula is C17H14FN. The number of anilines is 1. The molecule has 0 aliphatic carbocycles. The van der Waals surface area contributed by atoms with Crippen molar-refractivity contribution < 1.29 is 4.39 Å². The first kappa shape index (κ1) is 11.7. The molecule has 19 heavy (non-hydrogen) atoms. The molecule has 0 aliphatic heterocycles. The van der Waals surface area contributed by atoms with Gasteiger partial charge in [0.05, 0.1) is 0 Å². The van der Waals surface area contributed by atoms with Crippen LogP contribution in [-0.2, 0) is 0 Å².